The van der Waals surface area contributed by atoms with Crippen molar-refractivity contribution in [3.05, 3.63) is 42.0 Å². The highest BCUT2D eigenvalue weighted by molar-refractivity contribution is 5.81. The van der Waals surface area contributed by atoms with Crippen LogP contribution < -0.4 is 5.32 Å². The lowest BCUT2D eigenvalue weighted by molar-refractivity contribution is -0.124. The molecule has 6 heteroatoms. The lowest BCUT2D eigenvalue weighted by Crippen LogP contribution is -2.47. The maximum absolute atomic E-state index is 12.1. The van der Waals surface area contributed by atoms with Crippen LogP contribution in [0.15, 0.2) is 30.3 Å². The van der Waals surface area contributed by atoms with E-state index in [1.807, 2.05) is 41.9 Å². The van der Waals surface area contributed by atoms with Gasteiger partial charge in [-0.1, -0.05) is 18.2 Å². The first kappa shape index (κ1) is 16.3. The van der Waals surface area contributed by atoms with Gasteiger partial charge in [0.2, 0.25) is 5.91 Å². The van der Waals surface area contributed by atoms with E-state index in [0.717, 1.165) is 36.6 Å². The SMILES string of the molecule is Cc1nc([C@H]2CC[C@@H](O)[C@H](NC(=O)C3CC3)C2)n(-c2ccccc2)n1. The molecule has 0 saturated heterocycles. The van der Waals surface area contributed by atoms with Gasteiger partial charge < -0.3 is 10.4 Å². The maximum atomic E-state index is 12.1. The molecule has 2 aliphatic rings. The van der Waals surface area contributed by atoms with E-state index in [2.05, 4.69) is 15.4 Å². The fraction of sp³-hybridized carbons (Fsp3) is 0.526. The molecule has 1 heterocycles. The van der Waals surface area contributed by atoms with Crippen molar-refractivity contribution < 1.29 is 9.90 Å². The van der Waals surface area contributed by atoms with Gasteiger partial charge in [0.1, 0.15) is 11.6 Å². The summed E-state index contributed by atoms with van der Waals surface area (Å²) in [6, 6.07) is 9.78. The molecule has 1 amide bonds. The van der Waals surface area contributed by atoms with Crippen LogP contribution in [0.4, 0.5) is 0 Å². The molecule has 2 fully saturated rings. The minimum Gasteiger partial charge on any atom is -0.391 e. The van der Waals surface area contributed by atoms with Crippen molar-refractivity contribution in [1.82, 2.24) is 20.1 Å². The Balaban J connectivity index is 1.56. The Kier molecular flexibility index (Phi) is 4.29. The second-order valence-corrected chi connectivity index (χ2v) is 7.23. The summed E-state index contributed by atoms with van der Waals surface area (Å²) in [5.41, 5.74) is 0.989. The van der Waals surface area contributed by atoms with E-state index in [9.17, 15) is 9.90 Å². The molecule has 25 heavy (non-hydrogen) atoms. The second kappa shape index (κ2) is 6.59. The Bertz CT molecular complexity index is 754. The Morgan fingerprint density at radius 2 is 1.96 bits per heavy atom. The van der Waals surface area contributed by atoms with Crippen molar-refractivity contribution in [3.63, 3.8) is 0 Å². The van der Waals surface area contributed by atoms with Crippen LogP contribution in [0.1, 0.15) is 49.7 Å². The number of aliphatic hydroxyl groups excluding tert-OH is 1. The zero-order chi connectivity index (χ0) is 17.4. The average molecular weight is 340 g/mol. The normalized spacial score (nSPS) is 26.4. The molecule has 1 aromatic heterocycles. The first-order valence-electron chi connectivity index (χ1n) is 9.09. The Labute approximate surface area is 147 Å². The summed E-state index contributed by atoms with van der Waals surface area (Å²) >= 11 is 0. The molecule has 0 spiro atoms. The fourth-order valence-electron chi connectivity index (χ4n) is 3.65. The number of hydrogen-bond acceptors (Lipinski definition) is 4. The quantitative estimate of drug-likeness (QED) is 0.893. The largest absolute Gasteiger partial charge is 0.391 e. The van der Waals surface area contributed by atoms with Gasteiger partial charge >= 0.3 is 0 Å². The summed E-state index contributed by atoms with van der Waals surface area (Å²) in [6.07, 6.45) is 3.68. The highest BCUT2D eigenvalue weighted by atomic mass is 16.3. The first-order chi connectivity index (χ1) is 12.1. The zero-order valence-corrected chi connectivity index (χ0v) is 14.4. The second-order valence-electron chi connectivity index (χ2n) is 7.23. The standard InChI is InChI=1S/C19H24N4O2/c1-12-20-18(23(22-12)15-5-3-2-4-6-15)14-9-10-17(24)16(11-14)21-19(25)13-7-8-13/h2-6,13-14,16-17,24H,7-11H2,1H3,(H,21,25)/t14-,16+,17+/m0/s1. The number of hydrogen-bond donors (Lipinski definition) is 2. The Morgan fingerprint density at radius 1 is 1.20 bits per heavy atom. The average Bonchev–Trinajstić information content (AvgIpc) is 3.40. The smallest absolute Gasteiger partial charge is 0.223 e. The van der Waals surface area contributed by atoms with Gasteiger partial charge in [-0.25, -0.2) is 9.67 Å². The van der Waals surface area contributed by atoms with E-state index in [1.165, 1.54) is 0 Å². The van der Waals surface area contributed by atoms with Crippen molar-refractivity contribution in [2.75, 3.05) is 0 Å². The highest BCUT2D eigenvalue weighted by Gasteiger charge is 2.37. The number of para-hydroxylation sites is 1. The fourth-order valence-corrected chi connectivity index (χ4v) is 3.65. The molecular formula is C19H24N4O2. The third-order valence-electron chi connectivity index (χ3n) is 5.19. The maximum Gasteiger partial charge on any atom is 0.223 e. The number of benzene rings is 1. The molecule has 6 nitrogen and oxygen atoms in total. The predicted octanol–water partition coefficient (Wildman–Crippen LogP) is 2.10. The number of carbonyl (C=O) groups excluding carboxylic acids is 1. The molecule has 4 rings (SSSR count). The molecule has 0 bridgehead atoms. The highest BCUT2D eigenvalue weighted by Crippen LogP contribution is 2.35. The number of amides is 1. The zero-order valence-electron chi connectivity index (χ0n) is 14.4. The van der Waals surface area contributed by atoms with Gasteiger partial charge in [-0.3, -0.25) is 4.79 Å². The van der Waals surface area contributed by atoms with Crippen LogP contribution in [-0.2, 0) is 4.79 Å². The number of nitrogens with zero attached hydrogens (tertiary/aromatic N) is 3. The molecular weight excluding hydrogens is 316 g/mol. The van der Waals surface area contributed by atoms with Gasteiger partial charge in [0.25, 0.3) is 0 Å². The minimum absolute atomic E-state index is 0.0883. The van der Waals surface area contributed by atoms with Gasteiger partial charge in [-0.05, 0) is 51.2 Å². The van der Waals surface area contributed by atoms with Gasteiger partial charge in [0, 0.05) is 11.8 Å². The van der Waals surface area contributed by atoms with E-state index >= 15 is 0 Å². The van der Waals surface area contributed by atoms with E-state index in [0.29, 0.717) is 12.8 Å². The van der Waals surface area contributed by atoms with Crippen LogP contribution >= 0.6 is 0 Å². The van der Waals surface area contributed by atoms with Gasteiger partial charge in [0.15, 0.2) is 0 Å². The van der Waals surface area contributed by atoms with E-state index in [4.69, 9.17) is 0 Å². The monoisotopic (exact) mass is 340 g/mol. The third-order valence-corrected chi connectivity index (χ3v) is 5.19. The molecule has 0 radical (unpaired) electrons. The molecule has 0 unspecified atom stereocenters. The number of aliphatic hydroxyl groups is 1. The topological polar surface area (TPSA) is 80.0 Å². The van der Waals surface area contributed by atoms with Gasteiger partial charge in [-0.2, -0.15) is 5.10 Å². The summed E-state index contributed by atoms with van der Waals surface area (Å²) in [5, 5.41) is 17.9. The van der Waals surface area contributed by atoms with E-state index < -0.39 is 6.10 Å². The summed E-state index contributed by atoms with van der Waals surface area (Å²) < 4.78 is 1.90. The molecule has 0 aliphatic heterocycles. The van der Waals surface area contributed by atoms with E-state index in [1.54, 1.807) is 0 Å². The number of nitrogens with one attached hydrogen (secondary N) is 1. The van der Waals surface area contributed by atoms with Gasteiger partial charge in [0.05, 0.1) is 17.8 Å². The van der Waals surface area contributed by atoms with Crippen LogP contribution in [0, 0.1) is 12.8 Å². The van der Waals surface area contributed by atoms with Crippen LogP contribution in [0.2, 0.25) is 0 Å². The molecule has 1 aromatic carbocycles. The van der Waals surface area contributed by atoms with Crippen molar-refractivity contribution in [2.45, 2.75) is 57.1 Å². The predicted molar refractivity (Wildman–Crippen MR) is 93.3 cm³/mol. The summed E-state index contributed by atoms with van der Waals surface area (Å²) in [4.78, 5) is 16.8. The Morgan fingerprint density at radius 3 is 2.68 bits per heavy atom. The third kappa shape index (κ3) is 3.44. The van der Waals surface area contributed by atoms with Crippen LogP contribution in [0.25, 0.3) is 5.69 Å². The number of carbonyl (C=O) groups is 1. The first-order valence-corrected chi connectivity index (χ1v) is 9.09. The van der Waals surface area contributed by atoms with Crippen molar-refractivity contribution in [1.29, 1.82) is 0 Å². The summed E-state index contributed by atoms with van der Waals surface area (Å²) in [7, 11) is 0. The van der Waals surface area contributed by atoms with E-state index in [-0.39, 0.29) is 23.8 Å². The van der Waals surface area contributed by atoms with Crippen LogP contribution in [0.5, 0.6) is 0 Å². The molecule has 2 aliphatic carbocycles. The molecule has 2 saturated carbocycles. The van der Waals surface area contributed by atoms with Crippen molar-refractivity contribution in [3.8, 4) is 5.69 Å². The van der Waals surface area contributed by atoms with Gasteiger partial charge in [-0.15, -0.1) is 0 Å². The summed E-state index contributed by atoms with van der Waals surface area (Å²) in [6.45, 7) is 1.90. The lowest BCUT2D eigenvalue weighted by atomic mass is 9.83. The molecule has 132 valence electrons. The lowest BCUT2D eigenvalue weighted by Gasteiger charge is -2.33. The molecule has 2 aromatic rings. The number of rotatable bonds is 4. The number of aryl methyl sites for hydroxylation is 1. The van der Waals surface area contributed by atoms with Crippen LogP contribution in [0.3, 0.4) is 0 Å². The Hall–Kier alpha value is -2.21. The van der Waals surface area contributed by atoms with Crippen molar-refractivity contribution >= 4 is 5.91 Å². The number of aromatic nitrogens is 3. The van der Waals surface area contributed by atoms with Crippen LogP contribution in [-0.4, -0.2) is 37.9 Å². The molecule has 3 atom stereocenters. The minimum atomic E-state index is -0.479. The summed E-state index contributed by atoms with van der Waals surface area (Å²) in [5.74, 6) is 2.08. The molecule has 2 N–H and O–H groups in total. The van der Waals surface area contributed by atoms with Crippen molar-refractivity contribution in [2.24, 2.45) is 5.92 Å².